The second-order valence-electron chi connectivity index (χ2n) is 8.29. The number of nitrogens with zero attached hydrogens (tertiary/aromatic N) is 2. The van der Waals surface area contributed by atoms with Crippen LogP contribution in [0.25, 0.3) is 5.76 Å². The third kappa shape index (κ3) is 3.87. The van der Waals surface area contributed by atoms with E-state index >= 15 is 0 Å². The molecule has 2 aliphatic rings. The zero-order valence-electron chi connectivity index (χ0n) is 17.9. The second-order valence-corrected chi connectivity index (χ2v) is 8.73. The number of rotatable bonds is 4. The Morgan fingerprint density at radius 3 is 2.70 bits per heavy atom. The summed E-state index contributed by atoms with van der Waals surface area (Å²) in [6.07, 6.45) is 4.07. The van der Waals surface area contributed by atoms with Gasteiger partial charge in [0.1, 0.15) is 17.6 Å². The number of hydrogen-bond acceptors (Lipinski definition) is 5. The molecule has 2 aliphatic heterocycles. The predicted octanol–water partition coefficient (Wildman–Crippen LogP) is 4.68. The minimum Gasteiger partial charge on any atom is -0.507 e. The van der Waals surface area contributed by atoms with Crippen molar-refractivity contribution in [1.29, 1.82) is 0 Å². The highest BCUT2D eigenvalue weighted by molar-refractivity contribution is 6.46. The van der Waals surface area contributed by atoms with E-state index in [1.807, 2.05) is 19.1 Å². The molecule has 1 N–H and O–H groups in total. The Labute approximate surface area is 196 Å². The molecule has 3 aromatic rings. The molecule has 0 bridgehead atoms. The first-order valence-electron chi connectivity index (χ1n) is 10.6. The van der Waals surface area contributed by atoms with Gasteiger partial charge in [-0.05, 0) is 60.0 Å². The van der Waals surface area contributed by atoms with Gasteiger partial charge >= 0.3 is 0 Å². The number of likely N-dealkylation sites (tertiary alicyclic amines) is 1. The lowest BCUT2D eigenvalue weighted by Crippen LogP contribution is -2.29. The number of hydrogen-bond donors (Lipinski definition) is 1. The number of fused-ring (bicyclic) bond motifs is 1. The molecule has 2 unspecified atom stereocenters. The number of benzene rings is 2. The van der Waals surface area contributed by atoms with Gasteiger partial charge in [-0.2, -0.15) is 0 Å². The number of aliphatic hydroxyl groups excluding tert-OH is 1. The number of Topliss-reactive ketones (excluding diaryl/α,β-unsaturated/α-hetero) is 1. The molecule has 1 saturated heterocycles. The number of aliphatic hydroxyl groups is 1. The largest absolute Gasteiger partial charge is 0.507 e. The molecule has 7 heteroatoms. The van der Waals surface area contributed by atoms with Crippen LogP contribution in [0.4, 0.5) is 0 Å². The van der Waals surface area contributed by atoms with Crippen LogP contribution in [0.3, 0.4) is 0 Å². The van der Waals surface area contributed by atoms with E-state index in [2.05, 4.69) is 4.98 Å². The van der Waals surface area contributed by atoms with Crippen molar-refractivity contribution in [3.8, 4) is 5.75 Å². The number of aromatic nitrogens is 1. The van der Waals surface area contributed by atoms with Crippen molar-refractivity contribution < 1.29 is 19.4 Å². The average Bonchev–Trinajstić information content (AvgIpc) is 3.31. The van der Waals surface area contributed by atoms with Crippen LogP contribution < -0.4 is 4.74 Å². The van der Waals surface area contributed by atoms with Crippen molar-refractivity contribution >= 4 is 29.1 Å². The quantitative estimate of drug-likeness (QED) is 0.347. The summed E-state index contributed by atoms with van der Waals surface area (Å²) in [6.45, 7) is 2.15. The van der Waals surface area contributed by atoms with Crippen LogP contribution in [-0.2, 0) is 22.6 Å². The minimum atomic E-state index is -0.758. The van der Waals surface area contributed by atoms with E-state index in [9.17, 15) is 14.7 Å². The zero-order valence-corrected chi connectivity index (χ0v) is 18.6. The molecule has 1 aromatic heterocycles. The Balaban J connectivity index is 1.62. The fourth-order valence-corrected chi connectivity index (χ4v) is 4.57. The number of pyridine rings is 1. The number of halogens is 1. The highest BCUT2D eigenvalue weighted by atomic mass is 35.5. The first-order valence-corrected chi connectivity index (χ1v) is 11.0. The summed E-state index contributed by atoms with van der Waals surface area (Å²) in [4.78, 5) is 31.9. The van der Waals surface area contributed by atoms with Crippen molar-refractivity contribution in [3.63, 3.8) is 0 Å². The Bertz CT molecular complexity index is 1270. The molecule has 5 rings (SSSR count). The first-order chi connectivity index (χ1) is 15.9. The van der Waals surface area contributed by atoms with Crippen LogP contribution in [0, 0.1) is 0 Å². The van der Waals surface area contributed by atoms with E-state index in [0.29, 0.717) is 22.6 Å². The summed E-state index contributed by atoms with van der Waals surface area (Å²) in [5.74, 6) is -0.824. The SMILES string of the molecule is CC1Cc2cc(/C(O)=C3/C(=O)C(=O)N(Cc4cccnc4)C3c3ccc(Cl)cc3)ccc2O1. The van der Waals surface area contributed by atoms with Crippen LogP contribution in [-0.4, -0.2) is 32.8 Å². The molecule has 0 aliphatic carbocycles. The maximum absolute atomic E-state index is 13.2. The molecule has 0 saturated carbocycles. The molecule has 0 radical (unpaired) electrons. The summed E-state index contributed by atoms with van der Waals surface area (Å²) in [5, 5.41) is 11.8. The molecule has 3 heterocycles. The molecular formula is C26H21ClN2O4. The van der Waals surface area contributed by atoms with Crippen molar-refractivity contribution in [3.05, 3.63) is 99.8 Å². The lowest BCUT2D eigenvalue weighted by Gasteiger charge is -2.25. The van der Waals surface area contributed by atoms with Crippen LogP contribution in [0.1, 0.15) is 35.2 Å². The van der Waals surface area contributed by atoms with E-state index in [1.165, 1.54) is 4.90 Å². The topological polar surface area (TPSA) is 79.7 Å². The van der Waals surface area contributed by atoms with E-state index < -0.39 is 17.7 Å². The normalized spacial score (nSPS) is 21.2. The smallest absolute Gasteiger partial charge is 0.295 e. The Morgan fingerprint density at radius 2 is 1.97 bits per heavy atom. The van der Waals surface area contributed by atoms with Crippen LogP contribution >= 0.6 is 11.6 Å². The summed E-state index contributed by atoms with van der Waals surface area (Å²) in [6, 6.07) is 15.1. The van der Waals surface area contributed by atoms with Gasteiger partial charge in [-0.3, -0.25) is 14.6 Å². The molecule has 0 spiro atoms. The Kier molecular flexibility index (Phi) is 5.38. The van der Waals surface area contributed by atoms with Crippen molar-refractivity contribution in [1.82, 2.24) is 9.88 Å². The number of ketones is 1. The van der Waals surface area contributed by atoms with Gasteiger partial charge in [-0.15, -0.1) is 0 Å². The van der Waals surface area contributed by atoms with Crippen molar-refractivity contribution in [2.75, 3.05) is 0 Å². The molecular weight excluding hydrogens is 440 g/mol. The summed E-state index contributed by atoms with van der Waals surface area (Å²) in [5.41, 5.74) is 2.95. The van der Waals surface area contributed by atoms with Crippen molar-refractivity contribution in [2.45, 2.75) is 32.0 Å². The van der Waals surface area contributed by atoms with Crippen LogP contribution in [0.15, 0.2) is 72.6 Å². The Hall–Kier alpha value is -3.64. The van der Waals surface area contributed by atoms with Gasteiger partial charge in [-0.1, -0.05) is 29.8 Å². The highest BCUT2D eigenvalue weighted by Crippen LogP contribution is 2.41. The lowest BCUT2D eigenvalue weighted by molar-refractivity contribution is -0.140. The first kappa shape index (κ1) is 21.2. The number of carbonyl (C=O) groups excluding carboxylic acids is 2. The number of carbonyl (C=O) groups is 2. The van der Waals surface area contributed by atoms with Crippen LogP contribution in [0.5, 0.6) is 5.75 Å². The third-order valence-electron chi connectivity index (χ3n) is 5.97. The summed E-state index contributed by atoms with van der Waals surface area (Å²) >= 11 is 6.07. The molecule has 2 atom stereocenters. The maximum atomic E-state index is 13.2. The minimum absolute atomic E-state index is 0.0523. The number of ether oxygens (including phenoxy) is 1. The fraction of sp³-hybridized carbons (Fsp3) is 0.192. The maximum Gasteiger partial charge on any atom is 0.295 e. The van der Waals surface area contributed by atoms with Crippen LogP contribution in [0.2, 0.25) is 5.02 Å². The standard InChI is InChI=1S/C26H21ClN2O4/c1-15-11-19-12-18(6-9-21(19)33-15)24(30)22-23(17-4-7-20(27)8-5-17)29(26(32)25(22)31)14-16-3-2-10-28-13-16/h2-10,12-13,15,23,30H,11,14H2,1H3/b24-22-. The van der Waals surface area contributed by atoms with Gasteiger partial charge in [0, 0.05) is 35.9 Å². The average molecular weight is 461 g/mol. The molecule has 33 heavy (non-hydrogen) atoms. The fourth-order valence-electron chi connectivity index (χ4n) is 4.45. The van der Waals surface area contributed by atoms with E-state index in [4.69, 9.17) is 16.3 Å². The number of amides is 1. The van der Waals surface area contributed by atoms with Gasteiger partial charge < -0.3 is 14.7 Å². The van der Waals surface area contributed by atoms with Crippen molar-refractivity contribution in [2.24, 2.45) is 0 Å². The zero-order chi connectivity index (χ0) is 23.1. The molecule has 1 fully saturated rings. The van der Waals surface area contributed by atoms with Gasteiger partial charge in [-0.25, -0.2) is 0 Å². The highest BCUT2D eigenvalue weighted by Gasteiger charge is 2.46. The third-order valence-corrected chi connectivity index (χ3v) is 6.22. The van der Waals surface area contributed by atoms with E-state index in [1.54, 1.807) is 54.9 Å². The molecule has 166 valence electrons. The lowest BCUT2D eigenvalue weighted by atomic mass is 9.94. The van der Waals surface area contributed by atoms with E-state index in [0.717, 1.165) is 16.9 Å². The van der Waals surface area contributed by atoms with Gasteiger partial charge in [0.05, 0.1) is 11.6 Å². The molecule has 2 aromatic carbocycles. The van der Waals surface area contributed by atoms with Gasteiger partial charge in [0.25, 0.3) is 11.7 Å². The predicted molar refractivity (Wildman–Crippen MR) is 124 cm³/mol. The van der Waals surface area contributed by atoms with E-state index in [-0.39, 0.29) is 24.0 Å². The Morgan fingerprint density at radius 1 is 1.18 bits per heavy atom. The summed E-state index contributed by atoms with van der Waals surface area (Å²) < 4.78 is 5.74. The second kappa shape index (κ2) is 8.37. The van der Waals surface area contributed by atoms with Gasteiger partial charge in [0.15, 0.2) is 0 Å². The monoisotopic (exact) mass is 460 g/mol. The van der Waals surface area contributed by atoms with Gasteiger partial charge in [0.2, 0.25) is 0 Å². The molecule has 6 nitrogen and oxygen atoms in total. The molecule has 1 amide bonds. The summed E-state index contributed by atoms with van der Waals surface area (Å²) in [7, 11) is 0.